The van der Waals surface area contributed by atoms with E-state index in [2.05, 4.69) is 15.1 Å². The Morgan fingerprint density at radius 3 is 2.83 bits per heavy atom. The second-order valence-corrected chi connectivity index (χ2v) is 7.16. The van der Waals surface area contributed by atoms with E-state index in [1.807, 2.05) is 30.9 Å². The number of amides is 1. The van der Waals surface area contributed by atoms with Crippen LogP contribution in [-0.2, 0) is 4.79 Å². The van der Waals surface area contributed by atoms with Gasteiger partial charge in [0.2, 0.25) is 17.6 Å². The molecule has 1 aliphatic rings. The van der Waals surface area contributed by atoms with Crippen molar-refractivity contribution in [1.29, 1.82) is 0 Å². The van der Waals surface area contributed by atoms with Gasteiger partial charge in [-0.15, -0.1) is 0 Å². The van der Waals surface area contributed by atoms with Gasteiger partial charge in [-0.3, -0.25) is 4.79 Å². The van der Waals surface area contributed by atoms with Crippen LogP contribution in [0.1, 0.15) is 44.9 Å². The Morgan fingerprint density at radius 2 is 2.12 bits per heavy atom. The molecule has 24 heavy (non-hydrogen) atoms. The van der Waals surface area contributed by atoms with Gasteiger partial charge in [0.1, 0.15) is 5.03 Å². The first kappa shape index (κ1) is 17.0. The van der Waals surface area contributed by atoms with Gasteiger partial charge < -0.3 is 9.42 Å². The zero-order valence-corrected chi connectivity index (χ0v) is 14.9. The van der Waals surface area contributed by atoms with E-state index in [0.29, 0.717) is 17.5 Å². The van der Waals surface area contributed by atoms with E-state index in [1.54, 1.807) is 6.20 Å². The van der Waals surface area contributed by atoms with E-state index in [-0.39, 0.29) is 11.8 Å². The molecule has 0 aliphatic carbocycles. The Balaban J connectivity index is 1.70. The van der Waals surface area contributed by atoms with Crippen molar-refractivity contribution >= 4 is 17.7 Å². The van der Waals surface area contributed by atoms with Gasteiger partial charge in [-0.1, -0.05) is 30.8 Å². The van der Waals surface area contributed by atoms with Gasteiger partial charge in [0.05, 0.1) is 11.3 Å². The van der Waals surface area contributed by atoms with Crippen LogP contribution in [0.15, 0.2) is 27.9 Å². The van der Waals surface area contributed by atoms with Crippen LogP contribution >= 0.6 is 11.8 Å². The summed E-state index contributed by atoms with van der Waals surface area (Å²) in [7, 11) is 0. The number of aromatic nitrogens is 3. The average molecular weight is 346 g/mol. The molecule has 0 N–H and O–H groups in total. The lowest BCUT2D eigenvalue weighted by molar-refractivity contribution is -0.129. The highest BCUT2D eigenvalue weighted by molar-refractivity contribution is 8.00. The molecular weight excluding hydrogens is 324 g/mol. The van der Waals surface area contributed by atoms with Gasteiger partial charge in [-0.25, -0.2) is 4.98 Å². The lowest BCUT2D eigenvalue weighted by Crippen LogP contribution is -2.36. The zero-order valence-electron chi connectivity index (χ0n) is 14.1. The fourth-order valence-corrected chi connectivity index (χ4v) is 3.51. The summed E-state index contributed by atoms with van der Waals surface area (Å²) in [5, 5.41) is 4.81. The monoisotopic (exact) mass is 346 g/mol. The summed E-state index contributed by atoms with van der Waals surface area (Å²) in [5.74, 6) is 1.87. The number of hydrogen-bond donors (Lipinski definition) is 0. The van der Waals surface area contributed by atoms with Crippen molar-refractivity contribution in [2.45, 2.75) is 44.1 Å². The number of hydrogen-bond acceptors (Lipinski definition) is 6. The van der Waals surface area contributed by atoms with Crippen molar-refractivity contribution < 1.29 is 9.32 Å². The minimum absolute atomic E-state index is 0.173. The molecule has 0 bridgehead atoms. The number of nitrogens with zero attached hydrogens (tertiary/aromatic N) is 4. The third-order valence-electron chi connectivity index (χ3n) is 3.99. The van der Waals surface area contributed by atoms with E-state index in [1.165, 1.54) is 18.2 Å². The van der Waals surface area contributed by atoms with Gasteiger partial charge in [0.25, 0.3) is 0 Å². The molecule has 6 nitrogen and oxygen atoms in total. The molecule has 0 unspecified atom stereocenters. The predicted molar refractivity (Wildman–Crippen MR) is 92.8 cm³/mol. The van der Waals surface area contributed by atoms with Crippen LogP contribution in [0.4, 0.5) is 0 Å². The van der Waals surface area contributed by atoms with E-state index >= 15 is 0 Å². The number of carbonyl (C=O) groups is 1. The summed E-state index contributed by atoms with van der Waals surface area (Å²) in [5.41, 5.74) is 0.810. The molecule has 2 aromatic heterocycles. The Labute approximate surface area is 146 Å². The van der Waals surface area contributed by atoms with E-state index in [0.717, 1.165) is 36.5 Å². The first-order valence-electron chi connectivity index (χ1n) is 8.34. The first-order chi connectivity index (χ1) is 11.6. The van der Waals surface area contributed by atoms with E-state index < -0.39 is 0 Å². The molecule has 0 radical (unpaired) electrons. The summed E-state index contributed by atoms with van der Waals surface area (Å²) < 4.78 is 5.28. The highest BCUT2D eigenvalue weighted by atomic mass is 32.2. The third kappa shape index (κ3) is 3.95. The molecule has 2 aromatic rings. The minimum Gasteiger partial charge on any atom is -0.342 e. The molecule has 0 spiro atoms. The average Bonchev–Trinajstić information content (AvgIpc) is 3.11. The fourth-order valence-electron chi connectivity index (χ4n) is 2.62. The number of piperidine rings is 1. The van der Waals surface area contributed by atoms with Crippen molar-refractivity contribution in [1.82, 2.24) is 20.0 Å². The second-order valence-electron chi connectivity index (χ2n) is 6.20. The maximum absolute atomic E-state index is 12.3. The molecule has 0 saturated carbocycles. The standard InChI is InChI=1S/C17H22N4O2S/c1-12(2)16-19-15(20-23-16)13-7-6-8-18-17(13)24-11-14(22)21-9-4-3-5-10-21/h6-8,12H,3-5,9-11H2,1-2H3. The van der Waals surface area contributed by atoms with Crippen LogP contribution in [0.2, 0.25) is 0 Å². The van der Waals surface area contributed by atoms with Crippen LogP contribution in [0.3, 0.4) is 0 Å². The Morgan fingerprint density at radius 1 is 1.33 bits per heavy atom. The van der Waals surface area contributed by atoms with Crippen LogP contribution < -0.4 is 0 Å². The van der Waals surface area contributed by atoms with Crippen molar-refractivity contribution in [2.24, 2.45) is 0 Å². The number of thioether (sulfide) groups is 1. The predicted octanol–water partition coefficient (Wildman–Crippen LogP) is 3.36. The molecule has 128 valence electrons. The Bertz CT molecular complexity index is 695. The summed E-state index contributed by atoms with van der Waals surface area (Å²) in [4.78, 5) is 23.1. The number of pyridine rings is 1. The summed E-state index contributed by atoms with van der Waals surface area (Å²) in [6.45, 7) is 5.76. The van der Waals surface area contributed by atoms with Crippen LogP contribution in [0, 0.1) is 0 Å². The summed E-state index contributed by atoms with van der Waals surface area (Å²) in [6, 6.07) is 3.76. The maximum atomic E-state index is 12.3. The van der Waals surface area contributed by atoms with Crippen LogP contribution in [0.5, 0.6) is 0 Å². The quantitative estimate of drug-likeness (QED) is 0.773. The fraction of sp³-hybridized carbons (Fsp3) is 0.529. The van der Waals surface area contributed by atoms with Crippen LogP contribution in [0.25, 0.3) is 11.4 Å². The van der Waals surface area contributed by atoms with Gasteiger partial charge in [-0.2, -0.15) is 4.98 Å². The van der Waals surface area contributed by atoms with Gasteiger partial charge in [0, 0.05) is 25.2 Å². The second kappa shape index (κ2) is 7.79. The van der Waals surface area contributed by atoms with Crippen LogP contribution in [-0.4, -0.2) is 44.8 Å². The number of likely N-dealkylation sites (tertiary alicyclic amines) is 1. The molecule has 1 fully saturated rings. The van der Waals surface area contributed by atoms with Crippen molar-refractivity contribution in [3.63, 3.8) is 0 Å². The SMILES string of the molecule is CC(C)c1nc(-c2cccnc2SCC(=O)N2CCCCC2)no1. The van der Waals surface area contributed by atoms with Crippen molar-refractivity contribution in [3.05, 3.63) is 24.2 Å². The lowest BCUT2D eigenvalue weighted by atomic mass is 10.1. The number of carbonyl (C=O) groups excluding carboxylic acids is 1. The molecule has 3 heterocycles. The molecule has 1 saturated heterocycles. The Kier molecular flexibility index (Phi) is 5.50. The zero-order chi connectivity index (χ0) is 16.9. The minimum atomic E-state index is 0.173. The molecule has 1 amide bonds. The van der Waals surface area contributed by atoms with E-state index in [4.69, 9.17) is 4.52 Å². The van der Waals surface area contributed by atoms with Gasteiger partial charge in [0.15, 0.2) is 0 Å². The lowest BCUT2D eigenvalue weighted by Gasteiger charge is -2.26. The molecular formula is C17H22N4O2S. The smallest absolute Gasteiger partial charge is 0.232 e. The number of rotatable bonds is 5. The maximum Gasteiger partial charge on any atom is 0.232 e. The van der Waals surface area contributed by atoms with E-state index in [9.17, 15) is 4.79 Å². The van der Waals surface area contributed by atoms with Gasteiger partial charge >= 0.3 is 0 Å². The first-order valence-corrected chi connectivity index (χ1v) is 9.33. The van der Waals surface area contributed by atoms with Gasteiger partial charge in [-0.05, 0) is 31.4 Å². The molecule has 0 atom stereocenters. The normalized spacial score (nSPS) is 15.0. The summed E-state index contributed by atoms with van der Waals surface area (Å²) in [6.07, 6.45) is 5.15. The third-order valence-corrected chi connectivity index (χ3v) is 4.98. The highest BCUT2D eigenvalue weighted by Crippen LogP contribution is 2.29. The molecule has 1 aliphatic heterocycles. The summed E-state index contributed by atoms with van der Waals surface area (Å²) >= 11 is 1.44. The molecule has 3 rings (SSSR count). The molecule has 7 heteroatoms. The Hall–Kier alpha value is -1.89. The van der Waals surface area contributed by atoms with Crippen molar-refractivity contribution in [2.75, 3.05) is 18.8 Å². The highest BCUT2D eigenvalue weighted by Gasteiger charge is 2.19. The molecule has 0 aromatic carbocycles. The van der Waals surface area contributed by atoms with Crippen molar-refractivity contribution in [3.8, 4) is 11.4 Å². The topological polar surface area (TPSA) is 72.1 Å². The largest absolute Gasteiger partial charge is 0.342 e.